The molecular weight excluding hydrogens is 599 g/mol. The summed E-state index contributed by atoms with van der Waals surface area (Å²) in [6.45, 7) is 7.11. The molecule has 0 radical (unpaired) electrons. The number of halogens is 1. The summed E-state index contributed by atoms with van der Waals surface area (Å²) in [7, 11) is 1.29. The second-order valence-corrected chi connectivity index (χ2v) is 10.8. The molecule has 11 heteroatoms. The van der Waals surface area contributed by atoms with Gasteiger partial charge in [-0.3, -0.25) is 9.36 Å². The third-order valence-electron chi connectivity index (χ3n) is 6.88. The first-order valence-electron chi connectivity index (χ1n) is 14.5. The Bertz CT molecular complexity index is 1900. The number of hydrogen-bond acceptors (Lipinski definition) is 9. The van der Waals surface area contributed by atoms with Crippen LogP contribution in [0.25, 0.3) is 6.08 Å². The fourth-order valence-electron chi connectivity index (χ4n) is 4.88. The highest BCUT2D eigenvalue weighted by Crippen LogP contribution is 2.35. The average Bonchev–Trinajstić information content (AvgIpc) is 3.36. The molecule has 1 aromatic heterocycles. The van der Waals surface area contributed by atoms with Crippen molar-refractivity contribution < 1.29 is 32.9 Å². The molecule has 1 atom stereocenters. The number of thiazole rings is 1. The quantitative estimate of drug-likeness (QED) is 0.204. The summed E-state index contributed by atoms with van der Waals surface area (Å²) < 4.78 is 43.6. The van der Waals surface area contributed by atoms with Gasteiger partial charge in [0.1, 0.15) is 12.4 Å². The number of benzene rings is 3. The van der Waals surface area contributed by atoms with Gasteiger partial charge in [0.25, 0.3) is 5.56 Å². The number of methoxy groups -OCH3 is 1. The van der Waals surface area contributed by atoms with E-state index in [9.17, 15) is 14.0 Å². The lowest BCUT2D eigenvalue weighted by atomic mass is 9.97. The third kappa shape index (κ3) is 6.93. The molecule has 45 heavy (non-hydrogen) atoms. The largest absolute Gasteiger partial charge is 0.490 e. The number of nitrogens with zero attached hydrogens (tertiary/aromatic N) is 2. The van der Waals surface area contributed by atoms with Gasteiger partial charge in [0.15, 0.2) is 27.8 Å². The van der Waals surface area contributed by atoms with Gasteiger partial charge in [-0.15, -0.1) is 0 Å². The highest BCUT2D eigenvalue weighted by atomic mass is 32.1. The third-order valence-corrected chi connectivity index (χ3v) is 7.88. The van der Waals surface area contributed by atoms with Crippen LogP contribution in [0.4, 0.5) is 4.39 Å². The van der Waals surface area contributed by atoms with Crippen LogP contribution in [0.1, 0.15) is 43.5 Å². The number of carbonyl (C=O) groups is 1. The van der Waals surface area contributed by atoms with E-state index < -0.39 is 12.0 Å². The van der Waals surface area contributed by atoms with E-state index in [1.54, 1.807) is 48.5 Å². The van der Waals surface area contributed by atoms with Crippen molar-refractivity contribution in [2.24, 2.45) is 4.99 Å². The predicted octanol–water partition coefficient (Wildman–Crippen LogP) is 4.93. The maximum Gasteiger partial charge on any atom is 0.337 e. The molecule has 0 bridgehead atoms. The van der Waals surface area contributed by atoms with E-state index in [0.717, 1.165) is 5.56 Å². The van der Waals surface area contributed by atoms with Gasteiger partial charge in [-0.2, -0.15) is 0 Å². The molecule has 3 aromatic carbocycles. The van der Waals surface area contributed by atoms with Crippen molar-refractivity contribution in [3.8, 4) is 23.0 Å². The molecule has 2 heterocycles. The number of aromatic nitrogens is 1. The summed E-state index contributed by atoms with van der Waals surface area (Å²) in [4.78, 5) is 31.7. The molecule has 0 aliphatic carbocycles. The Hall–Kier alpha value is -4.90. The van der Waals surface area contributed by atoms with Crippen molar-refractivity contribution in [3.05, 3.63) is 115 Å². The Morgan fingerprint density at radius 3 is 2.22 bits per heavy atom. The van der Waals surface area contributed by atoms with Gasteiger partial charge in [-0.1, -0.05) is 35.6 Å². The van der Waals surface area contributed by atoms with Crippen LogP contribution in [0.3, 0.4) is 0 Å². The topological polar surface area (TPSA) is 97.6 Å². The molecule has 0 N–H and O–H groups in total. The van der Waals surface area contributed by atoms with Crippen LogP contribution < -0.4 is 33.8 Å². The minimum absolute atomic E-state index is 0.212. The summed E-state index contributed by atoms with van der Waals surface area (Å²) in [5.41, 5.74) is 2.05. The fraction of sp³-hybridized carbons (Fsp3) is 0.265. The van der Waals surface area contributed by atoms with Crippen molar-refractivity contribution in [2.45, 2.75) is 33.4 Å². The second-order valence-electron chi connectivity index (χ2n) is 9.80. The van der Waals surface area contributed by atoms with Crippen LogP contribution >= 0.6 is 11.3 Å². The molecule has 234 valence electrons. The molecule has 0 amide bonds. The monoisotopic (exact) mass is 632 g/mol. The van der Waals surface area contributed by atoms with Crippen LogP contribution in [0, 0.1) is 5.82 Å². The maximum atomic E-state index is 14.0. The molecule has 0 saturated heterocycles. The van der Waals surface area contributed by atoms with E-state index >= 15 is 0 Å². The lowest BCUT2D eigenvalue weighted by Crippen LogP contribution is -2.39. The van der Waals surface area contributed by atoms with E-state index in [0.29, 0.717) is 63.3 Å². The van der Waals surface area contributed by atoms with Gasteiger partial charge in [0.2, 0.25) is 0 Å². The SMILES string of the molecule is CCOc1ccc([C@@H]2C(C(=O)OC)=CN=c3s/c(=C\c4ccc(OCc5ccc(F)cc5)c(OCC)c4)c(=O)n32)cc1OCC. The Morgan fingerprint density at radius 2 is 1.53 bits per heavy atom. The Kier molecular flexibility index (Phi) is 9.99. The van der Waals surface area contributed by atoms with E-state index in [1.165, 1.54) is 41.3 Å². The number of esters is 1. The van der Waals surface area contributed by atoms with Crippen molar-refractivity contribution in [1.29, 1.82) is 0 Å². The summed E-state index contributed by atoms with van der Waals surface area (Å²) in [6.07, 6.45) is 3.20. The Balaban J connectivity index is 1.54. The second kappa shape index (κ2) is 14.3. The van der Waals surface area contributed by atoms with Crippen LogP contribution in [0.5, 0.6) is 23.0 Å². The maximum absolute atomic E-state index is 14.0. The molecule has 5 rings (SSSR count). The number of carbonyl (C=O) groups excluding carboxylic acids is 1. The van der Waals surface area contributed by atoms with Crippen molar-refractivity contribution >= 4 is 23.4 Å². The zero-order valence-electron chi connectivity index (χ0n) is 25.4. The van der Waals surface area contributed by atoms with E-state index in [-0.39, 0.29) is 23.6 Å². The zero-order valence-corrected chi connectivity index (χ0v) is 26.2. The standard InChI is InChI=1S/C34H33FN2O7S/c1-5-41-26-15-11-23(18-29(26)43-7-3)31-25(33(39)40-4)19-36-34-37(31)32(38)30(45-34)17-22-10-14-27(28(16-22)42-6-2)44-20-21-8-12-24(35)13-9-21/h8-19,31H,5-7,20H2,1-4H3/b30-17-/t31-/m1/s1. The molecule has 1 aliphatic heterocycles. The molecule has 0 spiro atoms. The lowest BCUT2D eigenvalue weighted by molar-refractivity contribution is -0.136. The molecule has 9 nitrogen and oxygen atoms in total. The highest BCUT2D eigenvalue weighted by Gasteiger charge is 2.31. The molecule has 4 aromatic rings. The van der Waals surface area contributed by atoms with Gasteiger partial charge < -0.3 is 23.7 Å². The minimum Gasteiger partial charge on any atom is -0.490 e. The van der Waals surface area contributed by atoms with E-state index in [4.69, 9.17) is 23.7 Å². The van der Waals surface area contributed by atoms with Gasteiger partial charge in [0, 0.05) is 6.20 Å². The Morgan fingerprint density at radius 1 is 0.889 bits per heavy atom. The van der Waals surface area contributed by atoms with Crippen LogP contribution in [-0.4, -0.2) is 37.5 Å². The Labute approximate surface area is 263 Å². The first-order chi connectivity index (χ1) is 21.9. The first kappa shape index (κ1) is 31.5. The predicted molar refractivity (Wildman–Crippen MR) is 168 cm³/mol. The fourth-order valence-corrected chi connectivity index (χ4v) is 5.85. The number of fused-ring (bicyclic) bond motifs is 1. The average molecular weight is 633 g/mol. The number of rotatable bonds is 12. The smallest absolute Gasteiger partial charge is 0.337 e. The van der Waals surface area contributed by atoms with Gasteiger partial charge >= 0.3 is 5.97 Å². The summed E-state index contributed by atoms with van der Waals surface area (Å²) >= 11 is 1.21. The summed E-state index contributed by atoms with van der Waals surface area (Å²) in [6, 6.07) is 16.0. The van der Waals surface area contributed by atoms with Crippen molar-refractivity contribution in [3.63, 3.8) is 0 Å². The normalized spacial score (nSPS) is 14.2. The van der Waals surface area contributed by atoms with Crippen molar-refractivity contribution in [2.75, 3.05) is 26.9 Å². The first-order valence-corrected chi connectivity index (χ1v) is 15.3. The lowest BCUT2D eigenvalue weighted by Gasteiger charge is -2.23. The molecule has 0 saturated carbocycles. The molecule has 1 aliphatic rings. The highest BCUT2D eigenvalue weighted by molar-refractivity contribution is 7.07. The van der Waals surface area contributed by atoms with E-state index in [1.807, 2.05) is 26.8 Å². The molecule has 0 unspecified atom stereocenters. The molecular formula is C34H33FN2O7S. The summed E-state index contributed by atoms with van der Waals surface area (Å²) in [5, 5.41) is 0. The zero-order chi connectivity index (χ0) is 31.9. The van der Waals surface area contributed by atoms with Crippen LogP contribution in [0.15, 0.2) is 82.2 Å². The number of hydrogen-bond donors (Lipinski definition) is 0. The van der Waals surface area contributed by atoms with E-state index in [2.05, 4.69) is 4.99 Å². The van der Waals surface area contributed by atoms with Gasteiger partial charge in [-0.25, -0.2) is 14.2 Å². The molecule has 0 fully saturated rings. The van der Waals surface area contributed by atoms with Crippen LogP contribution in [0.2, 0.25) is 0 Å². The summed E-state index contributed by atoms with van der Waals surface area (Å²) in [5.74, 6) is 1.18. The van der Waals surface area contributed by atoms with Crippen molar-refractivity contribution in [1.82, 2.24) is 4.57 Å². The minimum atomic E-state index is -0.799. The van der Waals surface area contributed by atoms with Gasteiger partial charge in [-0.05, 0) is 79.9 Å². The van der Waals surface area contributed by atoms with Crippen LogP contribution in [-0.2, 0) is 16.1 Å². The van der Waals surface area contributed by atoms with Gasteiger partial charge in [0.05, 0.1) is 43.1 Å². The number of ether oxygens (including phenoxy) is 5.